The highest BCUT2D eigenvalue weighted by Gasteiger charge is 2.17. The normalized spacial score (nSPS) is 16.4. The van der Waals surface area contributed by atoms with E-state index in [1.807, 2.05) is 18.7 Å². The number of aromatic nitrogens is 2. The van der Waals surface area contributed by atoms with E-state index in [0.29, 0.717) is 5.88 Å². The summed E-state index contributed by atoms with van der Waals surface area (Å²) in [5, 5.41) is 4.46. The Morgan fingerprint density at radius 3 is 2.61 bits per heavy atom. The Labute approximate surface area is 115 Å². The van der Waals surface area contributed by atoms with Crippen molar-refractivity contribution in [3.8, 4) is 0 Å². The number of anilines is 1. The molecule has 0 saturated carbocycles. The quantitative estimate of drug-likeness (QED) is 0.765. The molecule has 0 radical (unpaired) electrons. The van der Waals surface area contributed by atoms with Crippen molar-refractivity contribution in [3.63, 3.8) is 0 Å². The van der Waals surface area contributed by atoms with E-state index in [-0.39, 0.29) is 0 Å². The van der Waals surface area contributed by atoms with Crippen LogP contribution in [-0.2, 0) is 12.9 Å². The average Bonchev–Trinajstić information content (AvgIpc) is 2.93. The molecule has 1 aliphatic heterocycles. The highest BCUT2D eigenvalue weighted by atomic mass is 35.5. The Balaban J connectivity index is 2.01. The van der Waals surface area contributed by atoms with Crippen molar-refractivity contribution >= 4 is 17.4 Å². The van der Waals surface area contributed by atoms with Crippen LogP contribution in [0.15, 0.2) is 0 Å². The predicted octanol–water partition coefficient (Wildman–Crippen LogP) is 2.00. The van der Waals surface area contributed by atoms with Gasteiger partial charge in [-0.05, 0) is 32.9 Å². The standard InChI is InChI=1S/C13H23ClN4/c1-11-12(10-14)13(17(3)15-11)16(2)8-9-18-6-4-5-7-18/h4-10H2,1-3H3. The second-order valence-corrected chi connectivity index (χ2v) is 5.38. The molecule has 18 heavy (non-hydrogen) atoms. The number of aryl methyl sites for hydroxylation is 2. The zero-order valence-corrected chi connectivity index (χ0v) is 12.4. The molecule has 1 fully saturated rings. The topological polar surface area (TPSA) is 24.3 Å². The van der Waals surface area contributed by atoms with Crippen molar-refractivity contribution < 1.29 is 0 Å². The first-order valence-corrected chi connectivity index (χ1v) is 7.19. The molecule has 1 aromatic heterocycles. The van der Waals surface area contributed by atoms with Gasteiger partial charge in [-0.3, -0.25) is 4.68 Å². The number of hydrogen-bond donors (Lipinski definition) is 0. The highest BCUT2D eigenvalue weighted by molar-refractivity contribution is 6.17. The number of alkyl halides is 1. The van der Waals surface area contributed by atoms with Crippen molar-refractivity contribution in [2.75, 3.05) is 38.1 Å². The second kappa shape index (κ2) is 5.93. The summed E-state index contributed by atoms with van der Waals surface area (Å²) in [7, 11) is 4.12. The van der Waals surface area contributed by atoms with E-state index in [9.17, 15) is 0 Å². The van der Waals surface area contributed by atoms with Gasteiger partial charge in [0, 0.05) is 32.7 Å². The lowest BCUT2D eigenvalue weighted by atomic mass is 10.2. The van der Waals surface area contributed by atoms with Gasteiger partial charge in [-0.15, -0.1) is 11.6 Å². The summed E-state index contributed by atoms with van der Waals surface area (Å²) in [5.41, 5.74) is 2.19. The summed E-state index contributed by atoms with van der Waals surface area (Å²) in [6, 6.07) is 0. The molecular weight excluding hydrogens is 248 g/mol. The summed E-state index contributed by atoms with van der Waals surface area (Å²) >= 11 is 6.03. The smallest absolute Gasteiger partial charge is 0.131 e. The fourth-order valence-electron chi connectivity index (χ4n) is 2.73. The van der Waals surface area contributed by atoms with Crippen LogP contribution in [0.25, 0.3) is 0 Å². The molecule has 0 aliphatic carbocycles. The van der Waals surface area contributed by atoms with Gasteiger partial charge in [-0.25, -0.2) is 0 Å². The highest BCUT2D eigenvalue weighted by Crippen LogP contribution is 2.23. The molecule has 2 rings (SSSR count). The van der Waals surface area contributed by atoms with Crippen LogP contribution in [0.3, 0.4) is 0 Å². The van der Waals surface area contributed by atoms with E-state index >= 15 is 0 Å². The number of nitrogens with zero attached hydrogens (tertiary/aromatic N) is 4. The van der Waals surface area contributed by atoms with E-state index in [1.165, 1.54) is 25.9 Å². The molecule has 0 bridgehead atoms. The Bertz CT molecular complexity index is 396. The first-order chi connectivity index (χ1) is 8.63. The van der Waals surface area contributed by atoms with E-state index in [2.05, 4.69) is 21.9 Å². The van der Waals surface area contributed by atoms with Crippen molar-refractivity contribution in [2.24, 2.45) is 7.05 Å². The third-order valence-corrected chi connectivity index (χ3v) is 4.03. The number of halogens is 1. The molecule has 4 nitrogen and oxygen atoms in total. The fraction of sp³-hybridized carbons (Fsp3) is 0.769. The average molecular weight is 271 g/mol. The molecule has 1 aliphatic rings. The van der Waals surface area contributed by atoms with Gasteiger partial charge in [0.15, 0.2) is 0 Å². The van der Waals surface area contributed by atoms with Crippen LogP contribution in [0.4, 0.5) is 5.82 Å². The minimum atomic E-state index is 0.531. The summed E-state index contributed by atoms with van der Waals surface area (Å²) < 4.78 is 1.94. The number of likely N-dealkylation sites (N-methyl/N-ethyl adjacent to an activating group) is 1. The van der Waals surface area contributed by atoms with Crippen molar-refractivity contribution in [3.05, 3.63) is 11.3 Å². The number of rotatable bonds is 5. The Morgan fingerprint density at radius 1 is 1.33 bits per heavy atom. The van der Waals surface area contributed by atoms with Gasteiger partial charge in [-0.2, -0.15) is 5.10 Å². The molecule has 1 saturated heterocycles. The summed E-state index contributed by atoms with van der Waals surface area (Å²) in [6.07, 6.45) is 2.70. The minimum Gasteiger partial charge on any atom is -0.358 e. The first kappa shape index (κ1) is 13.7. The Kier molecular flexibility index (Phi) is 4.51. The number of hydrogen-bond acceptors (Lipinski definition) is 3. The molecule has 0 aromatic carbocycles. The van der Waals surface area contributed by atoms with Crippen LogP contribution in [0.5, 0.6) is 0 Å². The van der Waals surface area contributed by atoms with Gasteiger partial charge in [0.05, 0.1) is 11.6 Å². The summed E-state index contributed by atoms with van der Waals surface area (Å²) in [5.74, 6) is 1.69. The molecule has 0 amide bonds. The largest absolute Gasteiger partial charge is 0.358 e. The SMILES string of the molecule is Cc1nn(C)c(N(C)CCN2CCCC2)c1CCl. The molecule has 1 aromatic rings. The van der Waals surface area contributed by atoms with Crippen LogP contribution < -0.4 is 4.90 Å². The minimum absolute atomic E-state index is 0.531. The van der Waals surface area contributed by atoms with Crippen LogP contribution >= 0.6 is 11.6 Å². The zero-order chi connectivity index (χ0) is 13.1. The summed E-state index contributed by atoms with van der Waals surface area (Å²) in [6.45, 7) is 6.68. The van der Waals surface area contributed by atoms with Crippen LogP contribution in [0.2, 0.25) is 0 Å². The van der Waals surface area contributed by atoms with Gasteiger partial charge in [-0.1, -0.05) is 0 Å². The molecule has 2 heterocycles. The number of likely N-dealkylation sites (tertiary alicyclic amines) is 1. The molecule has 0 N–H and O–H groups in total. The Hall–Kier alpha value is -0.740. The van der Waals surface area contributed by atoms with Crippen LogP contribution in [-0.4, -0.2) is 47.9 Å². The van der Waals surface area contributed by atoms with Crippen LogP contribution in [0.1, 0.15) is 24.1 Å². The van der Waals surface area contributed by atoms with Crippen molar-refractivity contribution in [2.45, 2.75) is 25.6 Å². The molecule has 0 unspecified atom stereocenters. The van der Waals surface area contributed by atoms with Crippen molar-refractivity contribution in [1.82, 2.24) is 14.7 Å². The van der Waals surface area contributed by atoms with E-state index in [4.69, 9.17) is 11.6 Å². The van der Waals surface area contributed by atoms with E-state index in [1.54, 1.807) is 0 Å². The predicted molar refractivity (Wildman–Crippen MR) is 76.4 cm³/mol. The van der Waals surface area contributed by atoms with Crippen LogP contribution in [0, 0.1) is 6.92 Å². The van der Waals surface area contributed by atoms with Crippen molar-refractivity contribution in [1.29, 1.82) is 0 Å². The maximum absolute atomic E-state index is 6.03. The third kappa shape index (κ3) is 2.81. The van der Waals surface area contributed by atoms with Gasteiger partial charge in [0.25, 0.3) is 0 Å². The molecule has 0 atom stereocenters. The maximum atomic E-state index is 6.03. The lowest BCUT2D eigenvalue weighted by Crippen LogP contribution is -2.32. The fourth-order valence-corrected chi connectivity index (χ4v) is 3.04. The Morgan fingerprint density at radius 2 is 2.00 bits per heavy atom. The third-order valence-electron chi connectivity index (χ3n) is 3.76. The van der Waals surface area contributed by atoms with Gasteiger partial charge >= 0.3 is 0 Å². The van der Waals surface area contributed by atoms with E-state index in [0.717, 1.165) is 30.2 Å². The molecule has 102 valence electrons. The van der Waals surface area contributed by atoms with E-state index < -0.39 is 0 Å². The molecule has 5 heteroatoms. The molecule has 0 spiro atoms. The molecular formula is C13H23ClN4. The lowest BCUT2D eigenvalue weighted by molar-refractivity contribution is 0.346. The first-order valence-electron chi connectivity index (χ1n) is 6.65. The summed E-state index contributed by atoms with van der Waals surface area (Å²) in [4.78, 5) is 4.80. The lowest BCUT2D eigenvalue weighted by Gasteiger charge is -2.24. The monoisotopic (exact) mass is 270 g/mol. The van der Waals surface area contributed by atoms with Gasteiger partial charge in [0.1, 0.15) is 5.82 Å². The maximum Gasteiger partial charge on any atom is 0.131 e. The van der Waals surface area contributed by atoms with Gasteiger partial charge in [0.2, 0.25) is 0 Å². The van der Waals surface area contributed by atoms with Gasteiger partial charge < -0.3 is 9.80 Å². The zero-order valence-electron chi connectivity index (χ0n) is 11.6. The second-order valence-electron chi connectivity index (χ2n) is 5.12.